The molecule has 1 aliphatic heterocycles. The maximum absolute atomic E-state index is 12.4. The largest absolute Gasteiger partial charge is 0.455 e. The zero-order valence-corrected chi connectivity index (χ0v) is 17.5. The zero-order chi connectivity index (χ0) is 21.1. The SMILES string of the molecule is C[C@@H]1[C@H](C)CCC[C@@H]1N1C[C@H](C(=O)OCC(=O)NC(=O)NC(C)(C)C)CC1=O. The van der Waals surface area contributed by atoms with Gasteiger partial charge in [-0.2, -0.15) is 0 Å². The van der Waals surface area contributed by atoms with Crippen LogP contribution in [0, 0.1) is 17.8 Å². The number of carbonyl (C=O) groups excluding carboxylic acids is 4. The van der Waals surface area contributed by atoms with Crippen LogP contribution < -0.4 is 10.6 Å². The van der Waals surface area contributed by atoms with Crippen LogP contribution in [0.4, 0.5) is 4.79 Å². The highest BCUT2D eigenvalue weighted by Gasteiger charge is 2.42. The van der Waals surface area contributed by atoms with Gasteiger partial charge in [0.05, 0.1) is 5.92 Å². The number of nitrogens with zero attached hydrogens (tertiary/aromatic N) is 1. The topological polar surface area (TPSA) is 105 Å². The molecule has 1 aliphatic carbocycles. The van der Waals surface area contributed by atoms with E-state index in [0.717, 1.165) is 12.8 Å². The third kappa shape index (κ3) is 5.94. The van der Waals surface area contributed by atoms with Crippen molar-refractivity contribution in [2.75, 3.05) is 13.2 Å². The van der Waals surface area contributed by atoms with Gasteiger partial charge in [-0.3, -0.25) is 19.7 Å². The van der Waals surface area contributed by atoms with E-state index in [-0.39, 0.29) is 18.4 Å². The second-order valence-corrected chi connectivity index (χ2v) is 9.14. The average molecular weight is 396 g/mol. The Morgan fingerprint density at radius 1 is 1.18 bits per heavy atom. The van der Waals surface area contributed by atoms with E-state index in [1.165, 1.54) is 6.42 Å². The molecule has 0 aromatic heterocycles. The number of rotatable bonds is 4. The molecule has 8 heteroatoms. The smallest absolute Gasteiger partial charge is 0.321 e. The Morgan fingerprint density at radius 3 is 2.50 bits per heavy atom. The molecule has 8 nitrogen and oxygen atoms in total. The maximum Gasteiger partial charge on any atom is 0.321 e. The predicted molar refractivity (Wildman–Crippen MR) is 103 cm³/mol. The molecule has 0 aromatic rings. The predicted octanol–water partition coefficient (Wildman–Crippen LogP) is 1.83. The van der Waals surface area contributed by atoms with Crippen LogP contribution in [0.5, 0.6) is 0 Å². The summed E-state index contributed by atoms with van der Waals surface area (Å²) in [6.45, 7) is 9.52. The molecule has 0 spiro atoms. The summed E-state index contributed by atoms with van der Waals surface area (Å²) in [7, 11) is 0. The number of esters is 1. The molecule has 28 heavy (non-hydrogen) atoms. The lowest BCUT2D eigenvalue weighted by Gasteiger charge is -2.39. The number of imide groups is 1. The van der Waals surface area contributed by atoms with E-state index in [1.807, 2.05) is 4.90 Å². The van der Waals surface area contributed by atoms with Crippen molar-refractivity contribution in [2.45, 2.75) is 71.9 Å². The van der Waals surface area contributed by atoms with Gasteiger partial charge in [-0.05, 0) is 39.0 Å². The molecular weight excluding hydrogens is 362 g/mol. The molecule has 4 atom stereocenters. The first-order valence-corrected chi connectivity index (χ1v) is 10.1. The molecule has 0 bridgehead atoms. The Bertz CT molecular complexity index is 628. The summed E-state index contributed by atoms with van der Waals surface area (Å²) in [5.41, 5.74) is -0.484. The minimum absolute atomic E-state index is 0.0260. The van der Waals surface area contributed by atoms with Gasteiger partial charge in [0.15, 0.2) is 6.61 Å². The van der Waals surface area contributed by atoms with Crippen molar-refractivity contribution >= 4 is 23.8 Å². The van der Waals surface area contributed by atoms with Crippen molar-refractivity contribution in [1.29, 1.82) is 0 Å². The van der Waals surface area contributed by atoms with E-state index in [1.54, 1.807) is 20.8 Å². The summed E-state index contributed by atoms with van der Waals surface area (Å²) in [6.07, 6.45) is 3.34. The summed E-state index contributed by atoms with van der Waals surface area (Å²) in [5, 5.41) is 4.70. The minimum Gasteiger partial charge on any atom is -0.455 e. The minimum atomic E-state index is -0.703. The lowest BCUT2D eigenvalue weighted by molar-refractivity contribution is -0.152. The van der Waals surface area contributed by atoms with Crippen molar-refractivity contribution in [3.8, 4) is 0 Å². The van der Waals surface area contributed by atoms with Gasteiger partial charge in [0.25, 0.3) is 5.91 Å². The summed E-state index contributed by atoms with van der Waals surface area (Å²) >= 11 is 0. The molecule has 2 fully saturated rings. The molecule has 1 saturated heterocycles. The van der Waals surface area contributed by atoms with Gasteiger partial charge in [-0.1, -0.05) is 26.7 Å². The van der Waals surface area contributed by atoms with Crippen LogP contribution in [0.1, 0.15) is 60.3 Å². The van der Waals surface area contributed by atoms with E-state index in [4.69, 9.17) is 4.74 Å². The van der Waals surface area contributed by atoms with Crippen LogP contribution in [0.2, 0.25) is 0 Å². The van der Waals surface area contributed by atoms with Crippen LogP contribution in [0.25, 0.3) is 0 Å². The normalized spacial score (nSPS) is 28.0. The van der Waals surface area contributed by atoms with Crippen molar-refractivity contribution < 1.29 is 23.9 Å². The summed E-state index contributed by atoms with van der Waals surface area (Å²) < 4.78 is 5.04. The van der Waals surface area contributed by atoms with Crippen LogP contribution in [-0.4, -0.2) is 53.4 Å². The molecule has 1 heterocycles. The lowest BCUT2D eigenvalue weighted by Crippen LogP contribution is -2.49. The molecular formula is C20H33N3O5. The Morgan fingerprint density at radius 2 is 1.86 bits per heavy atom. The molecule has 2 rings (SSSR count). The second kappa shape index (κ2) is 8.92. The Labute approximate surface area is 166 Å². The zero-order valence-electron chi connectivity index (χ0n) is 17.5. The molecule has 158 valence electrons. The van der Waals surface area contributed by atoms with Gasteiger partial charge in [0, 0.05) is 24.5 Å². The van der Waals surface area contributed by atoms with Crippen molar-refractivity contribution in [3.63, 3.8) is 0 Å². The first kappa shape index (κ1) is 22.2. The van der Waals surface area contributed by atoms with Gasteiger partial charge >= 0.3 is 12.0 Å². The fourth-order valence-corrected chi connectivity index (χ4v) is 3.99. The molecule has 0 aromatic carbocycles. The van der Waals surface area contributed by atoms with Gasteiger partial charge in [-0.15, -0.1) is 0 Å². The Hall–Kier alpha value is -2.12. The summed E-state index contributed by atoms with van der Waals surface area (Å²) in [4.78, 5) is 50.0. The fraction of sp³-hybridized carbons (Fsp3) is 0.800. The molecule has 0 unspecified atom stereocenters. The summed E-state index contributed by atoms with van der Waals surface area (Å²) in [5.74, 6) is -0.903. The molecule has 4 amide bonds. The van der Waals surface area contributed by atoms with Crippen molar-refractivity contribution in [2.24, 2.45) is 17.8 Å². The quantitative estimate of drug-likeness (QED) is 0.707. The third-order valence-electron chi connectivity index (χ3n) is 5.64. The monoisotopic (exact) mass is 395 g/mol. The van der Waals surface area contributed by atoms with E-state index >= 15 is 0 Å². The number of carbonyl (C=O) groups is 4. The lowest BCUT2D eigenvalue weighted by atomic mass is 9.77. The molecule has 0 radical (unpaired) electrons. The first-order chi connectivity index (χ1) is 13.0. The number of amides is 4. The molecule has 1 saturated carbocycles. The number of hydrogen-bond donors (Lipinski definition) is 2. The second-order valence-electron chi connectivity index (χ2n) is 9.14. The standard InChI is InChI=1S/C20H33N3O5/c1-12-7-6-8-15(13(12)2)23-10-14(9-17(23)25)18(26)28-11-16(24)21-19(27)22-20(3,4)5/h12-15H,6-11H2,1-5H3,(H2,21,22,24,27)/t12-,13-,14-,15+/m1/s1. The fourth-order valence-electron chi connectivity index (χ4n) is 3.99. The number of ether oxygens (including phenoxy) is 1. The molecule has 2 aliphatic rings. The highest BCUT2D eigenvalue weighted by molar-refractivity contribution is 5.96. The highest BCUT2D eigenvalue weighted by atomic mass is 16.5. The van der Waals surface area contributed by atoms with E-state index in [2.05, 4.69) is 24.5 Å². The van der Waals surface area contributed by atoms with Gasteiger partial charge in [0.1, 0.15) is 0 Å². The average Bonchev–Trinajstić information content (AvgIpc) is 2.95. The van der Waals surface area contributed by atoms with Gasteiger partial charge < -0.3 is 15.0 Å². The van der Waals surface area contributed by atoms with Crippen LogP contribution in [0.15, 0.2) is 0 Å². The van der Waals surface area contributed by atoms with E-state index < -0.39 is 36.0 Å². The van der Waals surface area contributed by atoms with Gasteiger partial charge in [0.2, 0.25) is 5.91 Å². The molecule has 2 N–H and O–H groups in total. The number of likely N-dealkylation sites (tertiary alicyclic amines) is 1. The number of urea groups is 1. The summed E-state index contributed by atoms with van der Waals surface area (Å²) in [6, 6.07) is -0.477. The van der Waals surface area contributed by atoms with E-state index in [9.17, 15) is 19.2 Å². The highest BCUT2D eigenvalue weighted by Crippen LogP contribution is 2.35. The van der Waals surface area contributed by atoms with Gasteiger partial charge in [-0.25, -0.2) is 4.79 Å². The Balaban J connectivity index is 1.81. The number of nitrogens with one attached hydrogen (secondary N) is 2. The maximum atomic E-state index is 12.4. The van der Waals surface area contributed by atoms with E-state index in [0.29, 0.717) is 18.4 Å². The number of hydrogen-bond acceptors (Lipinski definition) is 5. The van der Waals surface area contributed by atoms with Crippen LogP contribution >= 0.6 is 0 Å². The Kier molecular flexibility index (Phi) is 7.06. The van der Waals surface area contributed by atoms with Crippen LogP contribution in [0.3, 0.4) is 0 Å². The van der Waals surface area contributed by atoms with Crippen LogP contribution in [-0.2, 0) is 19.1 Å². The first-order valence-electron chi connectivity index (χ1n) is 10.1. The van der Waals surface area contributed by atoms with Crippen molar-refractivity contribution in [3.05, 3.63) is 0 Å². The van der Waals surface area contributed by atoms with Crippen molar-refractivity contribution in [1.82, 2.24) is 15.5 Å². The third-order valence-corrected chi connectivity index (χ3v) is 5.64.